The Labute approximate surface area is 109 Å². The second-order valence-electron chi connectivity index (χ2n) is 6.05. The van der Waals surface area contributed by atoms with Crippen LogP contribution in [-0.4, -0.2) is 22.3 Å². The molecular formula is C13H24N4O. The first-order valence-corrected chi connectivity index (χ1v) is 6.44. The lowest BCUT2D eigenvalue weighted by Gasteiger charge is -2.30. The molecule has 5 nitrogen and oxygen atoms in total. The van der Waals surface area contributed by atoms with Crippen molar-refractivity contribution in [2.24, 2.45) is 0 Å². The summed E-state index contributed by atoms with van der Waals surface area (Å²) in [5.41, 5.74) is 14.4. The van der Waals surface area contributed by atoms with Crippen LogP contribution in [0.3, 0.4) is 0 Å². The zero-order chi connectivity index (χ0) is 13.4. The molecular weight excluding hydrogens is 228 g/mol. The molecule has 0 fully saturated rings. The predicted octanol–water partition coefficient (Wildman–Crippen LogP) is 0.668. The van der Waals surface area contributed by atoms with Crippen molar-refractivity contribution in [3.05, 3.63) is 23.5 Å². The van der Waals surface area contributed by atoms with Gasteiger partial charge in [0.15, 0.2) is 0 Å². The van der Waals surface area contributed by atoms with Crippen molar-refractivity contribution in [2.45, 2.75) is 57.7 Å². The van der Waals surface area contributed by atoms with Gasteiger partial charge in [-0.25, -0.2) is 10.9 Å². The van der Waals surface area contributed by atoms with E-state index >= 15 is 0 Å². The molecule has 0 amide bonds. The fraction of sp³-hybridized carbons (Fsp3) is 0.692. The van der Waals surface area contributed by atoms with Crippen LogP contribution in [0.1, 0.15) is 40.5 Å². The molecule has 2 aliphatic rings. The van der Waals surface area contributed by atoms with Crippen molar-refractivity contribution in [3.63, 3.8) is 0 Å². The summed E-state index contributed by atoms with van der Waals surface area (Å²) < 4.78 is 0. The summed E-state index contributed by atoms with van der Waals surface area (Å²) in [6.45, 7) is 8.20. The molecule has 102 valence electrons. The van der Waals surface area contributed by atoms with Gasteiger partial charge >= 0.3 is 0 Å². The molecule has 0 saturated carbocycles. The summed E-state index contributed by atoms with van der Waals surface area (Å²) in [5, 5.41) is 10.3. The number of hydrogen-bond acceptors (Lipinski definition) is 5. The van der Waals surface area contributed by atoms with Gasteiger partial charge in [0, 0.05) is 11.4 Å². The monoisotopic (exact) mass is 252 g/mol. The van der Waals surface area contributed by atoms with Crippen LogP contribution in [0.5, 0.6) is 0 Å². The average Bonchev–Trinajstić information content (AvgIpc) is 2.70. The SMILES string of the molecule is CC1=CC(C)(CC(O)CC2(C)C=C(C)NN2)NN1. The molecule has 0 bridgehead atoms. The van der Waals surface area contributed by atoms with Crippen LogP contribution in [-0.2, 0) is 0 Å². The number of allylic oxidation sites excluding steroid dienone is 2. The van der Waals surface area contributed by atoms with Gasteiger partial charge in [-0.15, -0.1) is 0 Å². The number of nitrogens with one attached hydrogen (secondary N) is 4. The van der Waals surface area contributed by atoms with Gasteiger partial charge in [-0.2, -0.15) is 0 Å². The highest BCUT2D eigenvalue weighted by Gasteiger charge is 2.34. The number of aliphatic hydroxyl groups is 1. The lowest BCUT2D eigenvalue weighted by molar-refractivity contribution is 0.106. The van der Waals surface area contributed by atoms with Crippen LogP contribution in [0.4, 0.5) is 0 Å². The zero-order valence-corrected chi connectivity index (χ0v) is 11.6. The molecule has 0 saturated heterocycles. The highest BCUT2D eigenvalue weighted by atomic mass is 16.3. The minimum Gasteiger partial charge on any atom is -0.393 e. The van der Waals surface area contributed by atoms with Crippen LogP contribution in [0.25, 0.3) is 0 Å². The molecule has 2 rings (SSSR count). The Balaban J connectivity index is 1.92. The van der Waals surface area contributed by atoms with E-state index in [1.807, 2.05) is 13.8 Å². The van der Waals surface area contributed by atoms with Gasteiger partial charge in [-0.1, -0.05) is 0 Å². The molecule has 2 heterocycles. The van der Waals surface area contributed by atoms with Crippen molar-refractivity contribution in [2.75, 3.05) is 0 Å². The molecule has 0 aliphatic carbocycles. The normalized spacial score (nSPS) is 36.7. The third-order valence-corrected chi connectivity index (χ3v) is 3.48. The summed E-state index contributed by atoms with van der Waals surface area (Å²) in [7, 11) is 0. The quantitative estimate of drug-likeness (QED) is 0.509. The van der Waals surface area contributed by atoms with E-state index in [9.17, 15) is 5.11 Å². The van der Waals surface area contributed by atoms with Crippen LogP contribution in [0, 0.1) is 0 Å². The first-order valence-electron chi connectivity index (χ1n) is 6.44. The number of hydrogen-bond donors (Lipinski definition) is 5. The van der Waals surface area contributed by atoms with Gasteiger partial charge < -0.3 is 16.0 Å². The number of hydrazine groups is 2. The van der Waals surface area contributed by atoms with E-state index < -0.39 is 0 Å². The zero-order valence-electron chi connectivity index (χ0n) is 11.6. The highest BCUT2D eigenvalue weighted by molar-refractivity contribution is 5.18. The van der Waals surface area contributed by atoms with E-state index in [0.29, 0.717) is 12.8 Å². The molecule has 2 atom stereocenters. The maximum atomic E-state index is 10.3. The first kappa shape index (κ1) is 13.4. The average molecular weight is 252 g/mol. The van der Waals surface area contributed by atoms with Crippen LogP contribution in [0.15, 0.2) is 23.5 Å². The van der Waals surface area contributed by atoms with E-state index in [1.54, 1.807) is 0 Å². The molecule has 0 aromatic heterocycles. The van der Waals surface area contributed by atoms with Gasteiger partial charge in [0.2, 0.25) is 0 Å². The van der Waals surface area contributed by atoms with E-state index in [-0.39, 0.29) is 17.2 Å². The molecule has 5 heteroatoms. The maximum absolute atomic E-state index is 10.3. The minimum absolute atomic E-state index is 0.176. The van der Waals surface area contributed by atoms with Gasteiger partial charge in [0.1, 0.15) is 0 Å². The summed E-state index contributed by atoms with van der Waals surface area (Å²) in [5.74, 6) is 0. The van der Waals surface area contributed by atoms with Crippen molar-refractivity contribution in [3.8, 4) is 0 Å². The number of aliphatic hydroxyl groups excluding tert-OH is 1. The van der Waals surface area contributed by atoms with Crippen LogP contribution >= 0.6 is 0 Å². The molecule has 0 spiro atoms. The third-order valence-electron chi connectivity index (χ3n) is 3.48. The molecule has 0 radical (unpaired) electrons. The largest absolute Gasteiger partial charge is 0.393 e. The molecule has 2 unspecified atom stereocenters. The van der Waals surface area contributed by atoms with Crippen molar-refractivity contribution in [1.82, 2.24) is 21.7 Å². The Morgan fingerprint density at radius 1 is 1.00 bits per heavy atom. The summed E-state index contributed by atoms with van der Waals surface area (Å²) >= 11 is 0. The van der Waals surface area contributed by atoms with Gasteiger partial charge in [-0.3, -0.25) is 0 Å². The standard InChI is InChI=1S/C13H24N4O/c1-9-5-12(3,16-14-9)7-11(18)8-13(4)6-10(2)15-17-13/h5-6,11,14-18H,7-8H2,1-4H3. The van der Waals surface area contributed by atoms with E-state index in [2.05, 4.69) is 47.7 Å². The number of rotatable bonds is 4. The van der Waals surface area contributed by atoms with Gasteiger partial charge in [0.05, 0.1) is 17.2 Å². The fourth-order valence-electron chi connectivity index (χ4n) is 2.85. The summed E-state index contributed by atoms with van der Waals surface area (Å²) in [6.07, 6.45) is 5.25. The molecule has 5 N–H and O–H groups in total. The lowest BCUT2D eigenvalue weighted by Crippen LogP contribution is -2.48. The Kier molecular flexibility index (Phi) is 3.40. The van der Waals surface area contributed by atoms with Crippen LogP contribution < -0.4 is 21.7 Å². The van der Waals surface area contributed by atoms with Crippen molar-refractivity contribution >= 4 is 0 Å². The van der Waals surface area contributed by atoms with Gasteiger partial charge in [-0.05, 0) is 52.7 Å². The molecule has 2 aliphatic heterocycles. The Morgan fingerprint density at radius 3 is 1.67 bits per heavy atom. The first-order chi connectivity index (χ1) is 8.30. The Bertz CT molecular complexity index is 356. The third kappa shape index (κ3) is 3.04. The smallest absolute Gasteiger partial charge is 0.0582 e. The van der Waals surface area contributed by atoms with Crippen molar-refractivity contribution < 1.29 is 5.11 Å². The second kappa shape index (κ2) is 4.57. The lowest BCUT2D eigenvalue weighted by atomic mass is 9.87. The topological polar surface area (TPSA) is 68.3 Å². The van der Waals surface area contributed by atoms with E-state index in [1.165, 1.54) is 0 Å². The molecule has 18 heavy (non-hydrogen) atoms. The Morgan fingerprint density at radius 2 is 1.39 bits per heavy atom. The van der Waals surface area contributed by atoms with Crippen molar-refractivity contribution in [1.29, 1.82) is 0 Å². The minimum atomic E-state index is -0.368. The predicted molar refractivity (Wildman–Crippen MR) is 72.1 cm³/mol. The summed E-state index contributed by atoms with van der Waals surface area (Å²) in [6, 6.07) is 0. The fourth-order valence-corrected chi connectivity index (χ4v) is 2.85. The Hall–Kier alpha value is -1.04. The van der Waals surface area contributed by atoms with E-state index in [0.717, 1.165) is 11.4 Å². The maximum Gasteiger partial charge on any atom is 0.0582 e. The molecule has 0 aromatic rings. The molecule has 0 aromatic carbocycles. The van der Waals surface area contributed by atoms with E-state index in [4.69, 9.17) is 0 Å². The highest BCUT2D eigenvalue weighted by Crippen LogP contribution is 2.25. The second-order valence-corrected chi connectivity index (χ2v) is 6.05. The summed E-state index contributed by atoms with van der Waals surface area (Å²) in [4.78, 5) is 0. The van der Waals surface area contributed by atoms with Gasteiger partial charge in [0.25, 0.3) is 0 Å². The van der Waals surface area contributed by atoms with Crippen LogP contribution in [0.2, 0.25) is 0 Å².